The van der Waals surface area contributed by atoms with E-state index in [2.05, 4.69) is 51.5 Å². The van der Waals surface area contributed by atoms with Gasteiger partial charge in [-0.25, -0.2) is 4.98 Å². The number of aromatic nitrogens is 2. The van der Waals surface area contributed by atoms with Crippen LogP contribution in [0.3, 0.4) is 0 Å². The van der Waals surface area contributed by atoms with Gasteiger partial charge >= 0.3 is 0 Å². The minimum absolute atomic E-state index is 0.00620. The molecule has 8 nitrogen and oxygen atoms in total. The maximum absolute atomic E-state index is 13.1. The summed E-state index contributed by atoms with van der Waals surface area (Å²) in [5, 5.41) is 12.4. The van der Waals surface area contributed by atoms with Gasteiger partial charge in [-0.2, -0.15) is 0 Å². The van der Waals surface area contributed by atoms with E-state index in [1.807, 2.05) is 78.9 Å². The standard InChI is InChI=1S/C35H34N4O4/c1-39(21-24-8-3-2-4-9-24)22-29-19-33(26-16-14-25(23-40)15-17-26)43-35(42-29)27-10-7-11-28(18-27)37-34(41)32-20-36-30-12-5-6-13-31(30)38-32/h2-18,20,29,33,35,40H,19,21-23H2,1H3,(H,37,41)/t29-,33+,35+/m1/s1. The van der Waals surface area contributed by atoms with Gasteiger partial charge in [-0.3, -0.25) is 14.7 Å². The van der Waals surface area contributed by atoms with Crippen molar-refractivity contribution in [2.45, 2.75) is 38.1 Å². The number of amides is 1. The molecule has 1 saturated heterocycles. The highest BCUT2D eigenvalue weighted by Crippen LogP contribution is 2.38. The van der Waals surface area contributed by atoms with Crippen molar-refractivity contribution >= 4 is 22.6 Å². The smallest absolute Gasteiger partial charge is 0.275 e. The summed E-state index contributed by atoms with van der Waals surface area (Å²) in [7, 11) is 2.09. The molecule has 0 unspecified atom stereocenters. The van der Waals surface area contributed by atoms with E-state index in [4.69, 9.17) is 9.47 Å². The molecule has 3 atom stereocenters. The summed E-state index contributed by atoms with van der Waals surface area (Å²) in [5.74, 6) is -0.344. The fourth-order valence-electron chi connectivity index (χ4n) is 5.37. The van der Waals surface area contributed by atoms with Crippen LogP contribution in [0.15, 0.2) is 109 Å². The summed E-state index contributed by atoms with van der Waals surface area (Å²) < 4.78 is 13.0. The summed E-state index contributed by atoms with van der Waals surface area (Å²) in [6.07, 6.45) is 1.24. The first-order valence-corrected chi connectivity index (χ1v) is 14.4. The number of para-hydroxylation sites is 2. The number of hydrogen-bond acceptors (Lipinski definition) is 7. The normalized spacial score (nSPS) is 18.5. The maximum Gasteiger partial charge on any atom is 0.275 e. The Bertz CT molecular complexity index is 1680. The van der Waals surface area contributed by atoms with E-state index in [0.717, 1.165) is 35.3 Å². The number of aliphatic hydroxyl groups excluding tert-OH is 1. The Labute approximate surface area is 250 Å². The maximum atomic E-state index is 13.1. The van der Waals surface area contributed by atoms with Gasteiger partial charge < -0.3 is 19.9 Å². The number of carbonyl (C=O) groups excluding carboxylic acids is 1. The first kappa shape index (κ1) is 28.6. The van der Waals surface area contributed by atoms with Crippen molar-refractivity contribution in [3.63, 3.8) is 0 Å². The molecule has 6 rings (SSSR count). The molecule has 43 heavy (non-hydrogen) atoms. The number of fused-ring (bicyclic) bond motifs is 1. The second-order valence-electron chi connectivity index (χ2n) is 10.9. The van der Waals surface area contributed by atoms with Gasteiger partial charge in [0.1, 0.15) is 5.69 Å². The second kappa shape index (κ2) is 13.2. The Balaban J connectivity index is 1.20. The number of benzene rings is 4. The van der Waals surface area contributed by atoms with E-state index in [1.54, 1.807) is 0 Å². The van der Waals surface area contributed by atoms with Crippen molar-refractivity contribution in [2.75, 3.05) is 18.9 Å². The predicted octanol–water partition coefficient (Wildman–Crippen LogP) is 6.05. The van der Waals surface area contributed by atoms with Crippen LogP contribution >= 0.6 is 0 Å². The number of nitrogens with zero attached hydrogens (tertiary/aromatic N) is 3. The van der Waals surface area contributed by atoms with Crippen molar-refractivity contribution < 1.29 is 19.4 Å². The fraction of sp³-hybridized carbons (Fsp3) is 0.229. The molecule has 1 aromatic heterocycles. The van der Waals surface area contributed by atoms with Crippen LogP contribution < -0.4 is 5.32 Å². The number of ether oxygens (including phenoxy) is 2. The summed E-state index contributed by atoms with van der Waals surface area (Å²) in [5.41, 5.74) is 6.16. The van der Waals surface area contributed by atoms with Gasteiger partial charge in [0.05, 0.1) is 36.0 Å². The first-order chi connectivity index (χ1) is 21.0. The molecule has 0 radical (unpaired) electrons. The van der Waals surface area contributed by atoms with Gasteiger partial charge in [0.15, 0.2) is 6.29 Å². The number of rotatable bonds is 9. The van der Waals surface area contributed by atoms with E-state index in [9.17, 15) is 9.90 Å². The number of likely N-dealkylation sites (N-methyl/N-ethyl adjacent to an activating group) is 1. The number of carbonyl (C=O) groups is 1. The molecular formula is C35H34N4O4. The van der Waals surface area contributed by atoms with Gasteiger partial charge in [-0.05, 0) is 48.0 Å². The second-order valence-corrected chi connectivity index (χ2v) is 10.9. The lowest BCUT2D eigenvalue weighted by Crippen LogP contribution is -2.37. The Morgan fingerprint density at radius 1 is 0.884 bits per heavy atom. The van der Waals surface area contributed by atoms with E-state index >= 15 is 0 Å². The zero-order valence-electron chi connectivity index (χ0n) is 24.0. The largest absolute Gasteiger partial charge is 0.392 e. The van der Waals surface area contributed by atoms with Gasteiger partial charge in [-0.15, -0.1) is 0 Å². The summed E-state index contributed by atoms with van der Waals surface area (Å²) in [6.45, 7) is 1.52. The molecule has 2 N–H and O–H groups in total. The third kappa shape index (κ3) is 7.13. The average Bonchev–Trinajstić information content (AvgIpc) is 3.05. The van der Waals surface area contributed by atoms with Crippen LogP contribution in [0, 0.1) is 0 Å². The minimum Gasteiger partial charge on any atom is -0.392 e. The third-order valence-corrected chi connectivity index (χ3v) is 7.52. The van der Waals surface area contributed by atoms with E-state index in [1.165, 1.54) is 11.8 Å². The molecule has 0 aliphatic carbocycles. The van der Waals surface area contributed by atoms with Gasteiger partial charge in [0.25, 0.3) is 5.91 Å². The Kier molecular flexibility index (Phi) is 8.81. The Morgan fingerprint density at radius 2 is 1.65 bits per heavy atom. The van der Waals surface area contributed by atoms with Gasteiger partial charge in [0, 0.05) is 30.8 Å². The van der Waals surface area contributed by atoms with Crippen molar-refractivity contribution in [3.8, 4) is 0 Å². The molecule has 1 fully saturated rings. The highest BCUT2D eigenvalue weighted by Gasteiger charge is 2.33. The number of aliphatic hydroxyl groups is 1. The highest BCUT2D eigenvalue weighted by molar-refractivity contribution is 6.03. The van der Waals surface area contributed by atoms with Gasteiger partial charge in [-0.1, -0.05) is 78.9 Å². The van der Waals surface area contributed by atoms with Crippen LogP contribution in [0.2, 0.25) is 0 Å². The van der Waals surface area contributed by atoms with Crippen molar-refractivity contribution in [1.82, 2.24) is 14.9 Å². The SMILES string of the molecule is CN(Cc1ccccc1)C[C@H]1C[C@@H](c2ccc(CO)cc2)O[C@@H](c2cccc(NC(=O)c3cnc4ccccc4n3)c2)O1. The first-order valence-electron chi connectivity index (χ1n) is 14.4. The molecular weight excluding hydrogens is 540 g/mol. The van der Waals surface area contributed by atoms with Crippen LogP contribution in [0.5, 0.6) is 0 Å². The Hall–Kier alpha value is -4.47. The van der Waals surface area contributed by atoms with Crippen molar-refractivity contribution in [3.05, 3.63) is 137 Å². The molecule has 1 aliphatic heterocycles. The van der Waals surface area contributed by atoms with E-state index < -0.39 is 6.29 Å². The lowest BCUT2D eigenvalue weighted by atomic mass is 9.99. The number of hydrogen-bond donors (Lipinski definition) is 2. The number of nitrogens with one attached hydrogen (secondary N) is 1. The predicted molar refractivity (Wildman–Crippen MR) is 165 cm³/mol. The van der Waals surface area contributed by atoms with E-state index in [0.29, 0.717) is 17.6 Å². The molecule has 5 aromatic rings. The molecule has 218 valence electrons. The summed E-state index contributed by atoms with van der Waals surface area (Å²) in [4.78, 5) is 24.1. The van der Waals surface area contributed by atoms with Crippen LogP contribution in [0.4, 0.5) is 5.69 Å². The van der Waals surface area contributed by atoms with Crippen LogP contribution in [0.1, 0.15) is 51.6 Å². The number of anilines is 1. The van der Waals surface area contributed by atoms with Crippen LogP contribution in [-0.2, 0) is 22.6 Å². The lowest BCUT2D eigenvalue weighted by Gasteiger charge is -2.38. The fourth-order valence-corrected chi connectivity index (χ4v) is 5.37. The molecule has 1 aliphatic rings. The molecule has 0 spiro atoms. The monoisotopic (exact) mass is 574 g/mol. The zero-order chi connectivity index (χ0) is 29.6. The van der Waals surface area contributed by atoms with Crippen LogP contribution in [-0.4, -0.2) is 45.6 Å². The third-order valence-electron chi connectivity index (χ3n) is 7.52. The van der Waals surface area contributed by atoms with Crippen molar-refractivity contribution in [1.29, 1.82) is 0 Å². The average molecular weight is 575 g/mol. The van der Waals surface area contributed by atoms with Gasteiger partial charge in [0.2, 0.25) is 0 Å². The molecule has 4 aromatic carbocycles. The van der Waals surface area contributed by atoms with Crippen LogP contribution in [0.25, 0.3) is 11.0 Å². The molecule has 1 amide bonds. The van der Waals surface area contributed by atoms with E-state index in [-0.39, 0.29) is 30.4 Å². The lowest BCUT2D eigenvalue weighted by molar-refractivity contribution is -0.252. The molecule has 0 bridgehead atoms. The van der Waals surface area contributed by atoms with Crippen molar-refractivity contribution in [2.24, 2.45) is 0 Å². The summed E-state index contributed by atoms with van der Waals surface area (Å²) >= 11 is 0. The Morgan fingerprint density at radius 3 is 2.44 bits per heavy atom. The minimum atomic E-state index is -0.635. The molecule has 2 heterocycles. The zero-order valence-corrected chi connectivity index (χ0v) is 24.0. The highest BCUT2D eigenvalue weighted by atomic mass is 16.7. The molecule has 8 heteroatoms. The quantitative estimate of drug-likeness (QED) is 0.221. The topological polar surface area (TPSA) is 96.8 Å². The summed E-state index contributed by atoms with van der Waals surface area (Å²) in [6, 6.07) is 33.2. The molecule has 0 saturated carbocycles.